The summed E-state index contributed by atoms with van der Waals surface area (Å²) in [5, 5.41) is 0. The van der Waals surface area contributed by atoms with Gasteiger partial charge in [0.05, 0.1) is 0 Å². The van der Waals surface area contributed by atoms with Crippen LogP contribution in [0.25, 0.3) is 27.8 Å². The van der Waals surface area contributed by atoms with Gasteiger partial charge in [0.2, 0.25) is 0 Å². The van der Waals surface area contributed by atoms with Crippen molar-refractivity contribution in [3.8, 4) is 22.3 Å². The third kappa shape index (κ3) is 6.28. The standard InChI is InChI=1S/C34H36F4/c1-3-5-7-9-23-11-13-24(14-12-23)29-21-22-30(34(38)33(29)37)26-17-15-25(16-18-26)28-20-19-27(10-8-6-4-2)31(35)32(28)36/h3,5,13,15-23H,4,6-12,14H2,1-2H3. The van der Waals surface area contributed by atoms with E-state index in [0.29, 0.717) is 34.6 Å². The van der Waals surface area contributed by atoms with Crippen LogP contribution in [0.1, 0.15) is 76.3 Å². The fraction of sp³-hybridized carbons (Fsp3) is 0.353. The van der Waals surface area contributed by atoms with Crippen molar-refractivity contribution < 1.29 is 17.6 Å². The average Bonchev–Trinajstić information content (AvgIpc) is 2.94. The first-order valence-electron chi connectivity index (χ1n) is 13.8. The molecule has 0 aliphatic heterocycles. The van der Waals surface area contributed by atoms with E-state index in [2.05, 4.69) is 25.2 Å². The lowest BCUT2D eigenvalue weighted by molar-refractivity contribution is 0.452. The van der Waals surface area contributed by atoms with E-state index in [1.54, 1.807) is 48.5 Å². The minimum absolute atomic E-state index is 0.149. The Morgan fingerprint density at radius 2 is 1.37 bits per heavy atom. The van der Waals surface area contributed by atoms with E-state index >= 15 is 8.78 Å². The van der Waals surface area contributed by atoms with Gasteiger partial charge in [0.1, 0.15) is 0 Å². The van der Waals surface area contributed by atoms with Gasteiger partial charge >= 0.3 is 0 Å². The molecule has 3 aromatic rings. The molecule has 0 heterocycles. The predicted octanol–water partition coefficient (Wildman–Crippen LogP) is 10.8. The molecule has 1 aliphatic rings. The van der Waals surface area contributed by atoms with Crippen molar-refractivity contribution in [2.24, 2.45) is 5.92 Å². The maximum Gasteiger partial charge on any atom is 0.167 e. The molecule has 0 aromatic heterocycles. The van der Waals surface area contributed by atoms with Gasteiger partial charge < -0.3 is 0 Å². The van der Waals surface area contributed by atoms with E-state index in [9.17, 15) is 8.78 Å². The molecular formula is C34H36F4. The van der Waals surface area contributed by atoms with Gasteiger partial charge in [-0.2, -0.15) is 0 Å². The zero-order valence-corrected chi connectivity index (χ0v) is 22.3. The van der Waals surface area contributed by atoms with Gasteiger partial charge in [-0.1, -0.05) is 86.5 Å². The van der Waals surface area contributed by atoms with Crippen LogP contribution in [0.15, 0.2) is 66.8 Å². The number of rotatable bonds is 10. The van der Waals surface area contributed by atoms with E-state index in [-0.39, 0.29) is 11.1 Å². The van der Waals surface area contributed by atoms with Gasteiger partial charge in [0.25, 0.3) is 0 Å². The molecular weight excluding hydrogens is 484 g/mol. The highest BCUT2D eigenvalue weighted by atomic mass is 19.2. The zero-order valence-electron chi connectivity index (χ0n) is 22.3. The second kappa shape index (κ2) is 13.1. The Morgan fingerprint density at radius 1 is 0.763 bits per heavy atom. The normalized spacial score (nSPS) is 15.7. The zero-order chi connectivity index (χ0) is 27.1. The molecule has 4 rings (SSSR count). The van der Waals surface area contributed by atoms with Crippen molar-refractivity contribution in [3.05, 3.63) is 101 Å². The van der Waals surface area contributed by atoms with Gasteiger partial charge in [-0.15, -0.1) is 0 Å². The molecule has 0 bridgehead atoms. The first-order chi connectivity index (χ1) is 18.4. The molecule has 3 aromatic carbocycles. The lowest BCUT2D eigenvalue weighted by Crippen LogP contribution is -2.07. The van der Waals surface area contributed by atoms with Gasteiger partial charge in [0, 0.05) is 16.7 Å². The Balaban J connectivity index is 1.51. The number of aryl methyl sites for hydroxylation is 1. The summed E-state index contributed by atoms with van der Waals surface area (Å²) >= 11 is 0. The number of allylic oxidation sites excluding steroid dienone is 4. The van der Waals surface area contributed by atoms with Crippen molar-refractivity contribution in [2.75, 3.05) is 0 Å². The first kappa shape index (κ1) is 27.9. The van der Waals surface area contributed by atoms with E-state index in [1.807, 2.05) is 6.92 Å². The highest BCUT2D eigenvalue weighted by molar-refractivity contribution is 5.74. The largest absolute Gasteiger partial charge is 0.203 e. The van der Waals surface area contributed by atoms with Crippen LogP contribution in [0.3, 0.4) is 0 Å². The Bertz CT molecular complexity index is 1300. The molecule has 0 amide bonds. The van der Waals surface area contributed by atoms with Gasteiger partial charge in [-0.05, 0) is 80.1 Å². The van der Waals surface area contributed by atoms with Crippen LogP contribution in [0, 0.1) is 29.2 Å². The van der Waals surface area contributed by atoms with E-state index in [1.165, 1.54) is 0 Å². The van der Waals surface area contributed by atoms with Crippen molar-refractivity contribution in [3.63, 3.8) is 0 Å². The minimum atomic E-state index is -0.889. The summed E-state index contributed by atoms with van der Waals surface area (Å²) in [6.07, 6.45) is 14.3. The van der Waals surface area contributed by atoms with E-state index in [0.717, 1.165) is 56.9 Å². The molecule has 200 valence electrons. The third-order valence-corrected chi connectivity index (χ3v) is 7.64. The van der Waals surface area contributed by atoms with Gasteiger partial charge in [0.15, 0.2) is 23.3 Å². The van der Waals surface area contributed by atoms with Crippen molar-refractivity contribution in [1.82, 2.24) is 0 Å². The quantitative estimate of drug-likeness (QED) is 0.142. The van der Waals surface area contributed by atoms with Crippen molar-refractivity contribution in [1.29, 1.82) is 0 Å². The van der Waals surface area contributed by atoms with Crippen LogP contribution < -0.4 is 0 Å². The fourth-order valence-electron chi connectivity index (χ4n) is 5.31. The summed E-state index contributed by atoms with van der Waals surface area (Å²) in [5.74, 6) is -2.83. The molecule has 0 spiro atoms. The Morgan fingerprint density at radius 3 is 1.97 bits per heavy atom. The Kier molecular flexibility index (Phi) is 9.60. The van der Waals surface area contributed by atoms with Gasteiger partial charge in [-0.3, -0.25) is 0 Å². The van der Waals surface area contributed by atoms with E-state index in [4.69, 9.17) is 0 Å². The summed E-state index contributed by atoms with van der Waals surface area (Å²) in [7, 11) is 0. The van der Waals surface area contributed by atoms with Crippen LogP contribution in [-0.2, 0) is 6.42 Å². The monoisotopic (exact) mass is 520 g/mol. The summed E-state index contributed by atoms with van der Waals surface area (Å²) in [6.45, 7) is 4.08. The third-order valence-electron chi connectivity index (χ3n) is 7.64. The molecule has 0 fully saturated rings. The summed E-state index contributed by atoms with van der Waals surface area (Å²) in [5.41, 5.74) is 2.84. The van der Waals surface area contributed by atoms with Crippen LogP contribution in [0.2, 0.25) is 0 Å². The molecule has 1 atom stereocenters. The average molecular weight is 521 g/mol. The summed E-state index contributed by atoms with van der Waals surface area (Å²) in [4.78, 5) is 0. The maximum absolute atomic E-state index is 15.2. The van der Waals surface area contributed by atoms with Crippen LogP contribution in [-0.4, -0.2) is 0 Å². The predicted molar refractivity (Wildman–Crippen MR) is 150 cm³/mol. The molecule has 0 saturated heterocycles. The van der Waals surface area contributed by atoms with Crippen LogP contribution >= 0.6 is 0 Å². The smallest absolute Gasteiger partial charge is 0.167 e. The maximum atomic E-state index is 15.2. The first-order valence-corrected chi connectivity index (χ1v) is 13.8. The number of unbranched alkanes of at least 4 members (excludes halogenated alkanes) is 2. The molecule has 4 heteroatoms. The second-order valence-corrected chi connectivity index (χ2v) is 10.2. The number of hydrogen-bond donors (Lipinski definition) is 0. The highest BCUT2D eigenvalue weighted by Crippen LogP contribution is 2.37. The lowest BCUT2D eigenvalue weighted by atomic mass is 9.83. The lowest BCUT2D eigenvalue weighted by Gasteiger charge is -2.22. The Labute approximate surface area is 224 Å². The van der Waals surface area contributed by atoms with Crippen molar-refractivity contribution in [2.45, 2.75) is 71.6 Å². The highest BCUT2D eigenvalue weighted by Gasteiger charge is 2.21. The molecule has 0 nitrogen and oxygen atoms in total. The molecule has 0 saturated carbocycles. The van der Waals surface area contributed by atoms with Crippen LogP contribution in [0.4, 0.5) is 17.6 Å². The van der Waals surface area contributed by atoms with Gasteiger partial charge in [-0.25, -0.2) is 17.6 Å². The molecule has 1 unspecified atom stereocenters. The topological polar surface area (TPSA) is 0 Å². The number of benzene rings is 3. The SMILES string of the molecule is CC=CCCC1CC=C(c2ccc(-c3ccc(-c4ccc(CCCCC)c(F)c4F)cc3)c(F)c2F)CC1. The molecule has 0 N–H and O–H groups in total. The number of halogens is 4. The summed E-state index contributed by atoms with van der Waals surface area (Å²) in [6, 6.07) is 13.0. The van der Waals surface area contributed by atoms with Crippen molar-refractivity contribution >= 4 is 5.57 Å². The number of hydrogen-bond acceptors (Lipinski definition) is 0. The van der Waals surface area contributed by atoms with E-state index < -0.39 is 23.3 Å². The molecule has 1 aliphatic carbocycles. The summed E-state index contributed by atoms with van der Waals surface area (Å²) < 4.78 is 59.8. The minimum Gasteiger partial charge on any atom is -0.203 e. The van der Waals surface area contributed by atoms with Crippen LogP contribution in [0.5, 0.6) is 0 Å². The molecule has 0 radical (unpaired) electrons. The second-order valence-electron chi connectivity index (χ2n) is 10.2. The molecule has 38 heavy (non-hydrogen) atoms. The Hall–Kier alpha value is -3.14. The fourth-order valence-corrected chi connectivity index (χ4v) is 5.31.